The maximum Gasteiger partial charge on any atom is 0.116 e. The van der Waals surface area contributed by atoms with Crippen LogP contribution in [0.2, 0.25) is 0 Å². The van der Waals surface area contributed by atoms with E-state index in [2.05, 4.69) is 34.5 Å². The van der Waals surface area contributed by atoms with Gasteiger partial charge in [-0.15, -0.1) is 0 Å². The van der Waals surface area contributed by atoms with E-state index >= 15 is 0 Å². The first-order valence-corrected chi connectivity index (χ1v) is 11.2. The smallest absolute Gasteiger partial charge is 0.116 e. The summed E-state index contributed by atoms with van der Waals surface area (Å²) >= 11 is 0. The minimum atomic E-state index is 0.329. The number of aromatic nitrogens is 3. The van der Waals surface area contributed by atoms with Gasteiger partial charge in [0.2, 0.25) is 0 Å². The lowest BCUT2D eigenvalue weighted by molar-refractivity contribution is 0.475. The van der Waals surface area contributed by atoms with Gasteiger partial charge in [-0.25, -0.2) is 0 Å². The van der Waals surface area contributed by atoms with Gasteiger partial charge in [0.05, 0.1) is 0 Å². The summed E-state index contributed by atoms with van der Waals surface area (Å²) in [5.41, 5.74) is 4.54. The fourth-order valence-electron chi connectivity index (χ4n) is 3.48. The van der Waals surface area contributed by atoms with E-state index < -0.39 is 0 Å². The first-order valence-electron chi connectivity index (χ1n) is 11.2. The number of aromatic amines is 1. The summed E-state index contributed by atoms with van der Waals surface area (Å²) in [4.78, 5) is 0. The number of aryl methyl sites for hydroxylation is 2. The van der Waals surface area contributed by atoms with Crippen LogP contribution in [0.3, 0.4) is 0 Å². The van der Waals surface area contributed by atoms with Gasteiger partial charge in [-0.05, 0) is 43.5 Å². The molecule has 0 saturated carbocycles. The Morgan fingerprint density at radius 1 is 0.759 bits per heavy atom. The number of H-pyrrole nitrogens is 1. The van der Waals surface area contributed by atoms with Gasteiger partial charge in [0.15, 0.2) is 0 Å². The molecule has 0 saturated heterocycles. The summed E-state index contributed by atoms with van der Waals surface area (Å²) in [5, 5.41) is 19.9. The molecule has 3 aromatic rings. The van der Waals surface area contributed by atoms with E-state index in [1.807, 2.05) is 25.1 Å². The highest BCUT2D eigenvalue weighted by atomic mass is 16.3. The number of para-hydroxylation sites is 1. The second kappa shape index (κ2) is 13.8. The summed E-state index contributed by atoms with van der Waals surface area (Å²) in [7, 11) is 0. The maximum absolute atomic E-state index is 8.76. The van der Waals surface area contributed by atoms with Crippen LogP contribution in [0.4, 0.5) is 0 Å². The van der Waals surface area contributed by atoms with E-state index in [9.17, 15) is 0 Å². The molecule has 0 radical (unpaired) electrons. The highest BCUT2D eigenvalue weighted by Gasteiger charge is 2.03. The van der Waals surface area contributed by atoms with Crippen molar-refractivity contribution < 1.29 is 5.11 Å². The Morgan fingerprint density at radius 2 is 1.38 bits per heavy atom. The monoisotopic (exact) mass is 395 g/mol. The zero-order valence-corrected chi connectivity index (χ0v) is 18.2. The number of hydrogen-bond acceptors (Lipinski definition) is 3. The third-order valence-corrected chi connectivity index (χ3v) is 5.26. The molecule has 4 nitrogen and oxygen atoms in total. The van der Waals surface area contributed by atoms with E-state index in [0.717, 1.165) is 17.5 Å². The quantitative estimate of drug-likeness (QED) is 0.340. The molecule has 0 spiro atoms. The van der Waals surface area contributed by atoms with Gasteiger partial charge in [0.25, 0.3) is 0 Å². The molecule has 29 heavy (non-hydrogen) atoms. The lowest BCUT2D eigenvalue weighted by atomic mass is 10.0. The number of fused-ring (bicyclic) bond motifs is 1. The van der Waals surface area contributed by atoms with E-state index in [4.69, 9.17) is 5.11 Å². The van der Waals surface area contributed by atoms with Crippen LogP contribution < -0.4 is 0 Å². The van der Waals surface area contributed by atoms with Gasteiger partial charge in [0, 0.05) is 0 Å². The van der Waals surface area contributed by atoms with Crippen LogP contribution in [-0.2, 0) is 6.42 Å². The van der Waals surface area contributed by atoms with Crippen molar-refractivity contribution in [3.8, 4) is 5.75 Å². The van der Waals surface area contributed by atoms with E-state index in [0.29, 0.717) is 5.75 Å². The molecule has 0 aliphatic carbocycles. The Hall–Kier alpha value is -2.36. The molecule has 0 amide bonds. The van der Waals surface area contributed by atoms with Gasteiger partial charge in [-0.1, -0.05) is 94.5 Å². The highest BCUT2D eigenvalue weighted by molar-refractivity contribution is 5.77. The molecular formula is C25H37N3O. The number of nitrogens with one attached hydrogen (secondary N) is 1. The second-order valence-corrected chi connectivity index (χ2v) is 7.88. The Kier molecular flexibility index (Phi) is 10.9. The van der Waals surface area contributed by atoms with Gasteiger partial charge < -0.3 is 5.11 Å². The minimum Gasteiger partial charge on any atom is -0.508 e. The maximum atomic E-state index is 8.76. The SMILES string of the molecule is CCCCCCCCCCCCc1cccc2n[nH]nc12.Cc1ccc(O)cc1. The average Bonchev–Trinajstić information content (AvgIpc) is 3.22. The molecule has 0 aliphatic rings. The van der Waals surface area contributed by atoms with Crippen LogP contribution in [0.25, 0.3) is 11.0 Å². The molecular weight excluding hydrogens is 358 g/mol. The van der Waals surface area contributed by atoms with Crippen molar-refractivity contribution in [3.05, 3.63) is 53.6 Å². The number of hydrogen-bond donors (Lipinski definition) is 2. The van der Waals surface area contributed by atoms with Crippen LogP contribution in [0.5, 0.6) is 5.75 Å². The predicted octanol–water partition coefficient (Wildman–Crippen LogP) is 7.12. The van der Waals surface area contributed by atoms with Gasteiger partial charge in [0.1, 0.15) is 16.8 Å². The summed E-state index contributed by atoms with van der Waals surface area (Å²) in [6, 6.07) is 13.4. The lowest BCUT2D eigenvalue weighted by Crippen LogP contribution is -1.88. The van der Waals surface area contributed by atoms with Crippen LogP contribution in [0.15, 0.2) is 42.5 Å². The van der Waals surface area contributed by atoms with Crippen molar-refractivity contribution in [2.24, 2.45) is 0 Å². The zero-order valence-electron chi connectivity index (χ0n) is 18.2. The molecule has 0 aliphatic heterocycles. The topological polar surface area (TPSA) is 61.8 Å². The number of unbranched alkanes of at least 4 members (excludes halogenated alkanes) is 9. The zero-order chi connectivity index (χ0) is 20.7. The number of benzene rings is 2. The number of phenols is 1. The molecule has 0 bridgehead atoms. The van der Waals surface area contributed by atoms with Crippen molar-refractivity contribution in [2.75, 3.05) is 0 Å². The highest BCUT2D eigenvalue weighted by Crippen LogP contribution is 2.17. The predicted molar refractivity (Wildman–Crippen MR) is 122 cm³/mol. The lowest BCUT2D eigenvalue weighted by Gasteiger charge is -2.03. The molecule has 0 atom stereocenters. The summed E-state index contributed by atoms with van der Waals surface area (Å²) in [5.74, 6) is 0.329. The normalized spacial score (nSPS) is 10.7. The molecule has 2 aromatic carbocycles. The fraction of sp³-hybridized carbons (Fsp3) is 0.520. The number of phenolic OH excluding ortho intramolecular Hbond substituents is 1. The van der Waals surface area contributed by atoms with Gasteiger partial charge >= 0.3 is 0 Å². The minimum absolute atomic E-state index is 0.329. The van der Waals surface area contributed by atoms with Crippen molar-refractivity contribution in [1.82, 2.24) is 15.4 Å². The van der Waals surface area contributed by atoms with E-state index in [1.165, 1.54) is 75.3 Å². The average molecular weight is 396 g/mol. The molecule has 0 fully saturated rings. The van der Waals surface area contributed by atoms with Crippen LogP contribution >= 0.6 is 0 Å². The third kappa shape index (κ3) is 9.12. The Morgan fingerprint density at radius 3 is 2.00 bits per heavy atom. The third-order valence-electron chi connectivity index (χ3n) is 5.26. The molecule has 0 unspecified atom stereocenters. The van der Waals surface area contributed by atoms with Crippen LogP contribution in [0.1, 0.15) is 82.3 Å². The molecule has 1 heterocycles. The van der Waals surface area contributed by atoms with Crippen molar-refractivity contribution in [1.29, 1.82) is 0 Å². The molecule has 1 aromatic heterocycles. The molecule has 2 N–H and O–H groups in total. The molecule has 4 heteroatoms. The van der Waals surface area contributed by atoms with Gasteiger partial charge in [-0.3, -0.25) is 0 Å². The van der Waals surface area contributed by atoms with E-state index in [1.54, 1.807) is 12.1 Å². The van der Waals surface area contributed by atoms with Gasteiger partial charge in [-0.2, -0.15) is 15.4 Å². The summed E-state index contributed by atoms with van der Waals surface area (Å²) in [6.07, 6.45) is 15.0. The first kappa shape index (κ1) is 22.9. The second-order valence-electron chi connectivity index (χ2n) is 7.88. The first-order chi connectivity index (χ1) is 14.2. The van der Waals surface area contributed by atoms with Crippen LogP contribution in [-0.4, -0.2) is 20.5 Å². The van der Waals surface area contributed by atoms with Crippen LogP contribution in [0, 0.1) is 6.92 Å². The van der Waals surface area contributed by atoms with Crippen molar-refractivity contribution in [3.63, 3.8) is 0 Å². The van der Waals surface area contributed by atoms with E-state index in [-0.39, 0.29) is 0 Å². The molecule has 3 rings (SSSR count). The Balaban J connectivity index is 0.000000313. The standard InChI is InChI=1S/C18H29N3.C7H8O/c1-2-3-4-5-6-7-8-9-10-11-13-16-14-12-15-17-18(16)20-21-19-17;1-6-2-4-7(8)5-3-6/h12,14-15H,2-11,13H2,1H3,(H,19,20,21);2-5,8H,1H3. The van der Waals surface area contributed by atoms with Crippen molar-refractivity contribution in [2.45, 2.75) is 84.5 Å². The molecule has 158 valence electrons. The number of aromatic hydroxyl groups is 1. The summed E-state index contributed by atoms with van der Waals surface area (Å²) in [6.45, 7) is 4.26. The summed E-state index contributed by atoms with van der Waals surface area (Å²) < 4.78 is 0. The Bertz CT molecular complexity index is 774. The number of nitrogens with zero attached hydrogens (tertiary/aromatic N) is 2. The largest absolute Gasteiger partial charge is 0.508 e. The number of rotatable bonds is 11. The fourth-order valence-corrected chi connectivity index (χ4v) is 3.48. The Labute approximate surface area is 175 Å². The van der Waals surface area contributed by atoms with Crippen molar-refractivity contribution >= 4 is 11.0 Å².